The molecule has 1 N–H and O–H groups in total. The highest BCUT2D eigenvalue weighted by Gasteiger charge is 2.11. The quantitative estimate of drug-likeness (QED) is 0.803. The lowest BCUT2D eigenvalue weighted by atomic mass is 10.0. The highest BCUT2D eigenvalue weighted by Crippen LogP contribution is 2.26. The predicted molar refractivity (Wildman–Crippen MR) is 72.5 cm³/mol. The van der Waals surface area contributed by atoms with Crippen LogP contribution in [0.15, 0.2) is 18.2 Å². The van der Waals surface area contributed by atoms with Crippen molar-refractivity contribution in [1.82, 2.24) is 5.32 Å². The smallest absolute Gasteiger partial charge is 0.0624 e. The van der Waals surface area contributed by atoms with Gasteiger partial charge in [-0.1, -0.05) is 55.6 Å². The minimum atomic E-state index is 0.492. The van der Waals surface area contributed by atoms with Crippen LogP contribution >= 0.6 is 23.2 Å². The number of nitrogens with one attached hydrogen (secondary N) is 1. The van der Waals surface area contributed by atoms with Gasteiger partial charge in [-0.25, -0.2) is 0 Å². The van der Waals surface area contributed by atoms with Crippen molar-refractivity contribution in [1.29, 1.82) is 0 Å². The predicted octanol–water partition coefficient (Wildman–Crippen LogP) is 4.31. The summed E-state index contributed by atoms with van der Waals surface area (Å²) in [6, 6.07) is 6.33. The Kier molecular flexibility index (Phi) is 6.18. The van der Waals surface area contributed by atoms with Crippen LogP contribution in [0.5, 0.6) is 0 Å². The molecule has 16 heavy (non-hydrogen) atoms. The Hall–Kier alpha value is -0.240. The van der Waals surface area contributed by atoms with Gasteiger partial charge >= 0.3 is 0 Å². The molecule has 0 saturated heterocycles. The molecule has 0 radical (unpaired) electrons. The second-order valence-electron chi connectivity index (χ2n) is 3.96. The lowest BCUT2D eigenvalue weighted by Crippen LogP contribution is -2.30. The maximum absolute atomic E-state index is 6.18. The summed E-state index contributed by atoms with van der Waals surface area (Å²) < 4.78 is 0. The zero-order valence-electron chi connectivity index (χ0n) is 9.89. The molecule has 0 aromatic heterocycles. The third-order valence-corrected chi connectivity index (χ3v) is 3.49. The van der Waals surface area contributed by atoms with E-state index in [0.29, 0.717) is 16.1 Å². The largest absolute Gasteiger partial charge is 0.314 e. The molecule has 0 aliphatic heterocycles. The van der Waals surface area contributed by atoms with E-state index in [1.807, 2.05) is 18.2 Å². The highest BCUT2D eigenvalue weighted by atomic mass is 35.5. The van der Waals surface area contributed by atoms with Crippen molar-refractivity contribution in [3.8, 4) is 0 Å². The van der Waals surface area contributed by atoms with Gasteiger partial charge in [-0.2, -0.15) is 0 Å². The number of rotatable bonds is 6. The molecule has 3 heteroatoms. The summed E-state index contributed by atoms with van der Waals surface area (Å²) >= 11 is 12.2. The number of halogens is 2. The van der Waals surface area contributed by atoms with Gasteiger partial charge in [0.1, 0.15) is 0 Å². The SMILES string of the molecule is CCCC(Cc1cccc(Cl)c1Cl)NCC. The van der Waals surface area contributed by atoms with Crippen LogP contribution in [0.1, 0.15) is 32.3 Å². The van der Waals surface area contributed by atoms with Gasteiger partial charge in [0.05, 0.1) is 10.0 Å². The van der Waals surface area contributed by atoms with Crippen molar-refractivity contribution in [3.63, 3.8) is 0 Å². The first-order valence-electron chi connectivity index (χ1n) is 5.85. The van der Waals surface area contributed by atoms with Crippen LogP contribution in [0.4, 0.5) is 0 Å². The normalized spacial score (nSPS) is 12.8. The summed E-state index contributed by atoms with van der Waals surface area (Å²) in [6.07, 6.45) is 3.29. The summed E-state index contributed by atoms with van der Waals surface area (Å²) in [6.45, 7) is 5.31. The van der Waals surface area contributed by atoms with E-state index < -0.39 is 0 Å². The summed E-state index contributed by atoms with van der Waals surface area (Å²) in [5.41, 5.74) is 1.13. The monoisotopic (exact) mass is 259 g/mol. The average Bonchev–Trinajstić information content (AvgIpc) is 2.25. The highest BCUT2D eigenvalue weighted by molar-refractivity contribution is 6.42. The fourth-order valence-electron chi connectivity index (χ4n) is 1.88. The Bertz CT molecular complexity index is 320. The molecule has 1 aromatic carbocycles. The molecule has 0 spiro atoms. The van der Waals surface area contributed by atoms with Crippen LogP contribution in [0.3, 0.4) is 0 Å². The van der Waals surface area contributed by atoms with Crippen LogP contribution in [0.2, 0.25) is 10.0 Å². The van der Waals surface area contributed by atoms with Crippen molar-refractivity contribution in [2.75, 3.05) is 6.54 Å². The minimum Gasteiger partial charge on any atom is -0.314 e. The van der Waals surface area contributed by atoms with E-state index in [-0.39, 0.29) is 0 Å². The van der Waals surface area contributed by atoms with E-state index in [4.69, 9.17) is 23.2 Å². The zero-order chi connectivity index (χ0) is 12.0. The molecule has 0 saturated carbocycles. The zero-order valence-corrected chi connectivity index (χ0v) is 11.4. The average molecular weight is 260 g/mol. The van der Waals surface area contributed by atoms with E-state index >= 15 is 0 Å². The molecule has 0 amide bonds. The molecule has 0 fully saturated rings. The summed E-state index contributed by atoms with van der Waals surface area (Å²) in [4.78, 5) is 0. The van der Waals surface area contributed by atoms with Crippen molar-refractivity contribution in [3.05, 3.63) is 33.8 Å². The Morgan fingerprint density at radius 1 is 1.25 bits per heavy atom. The summed E-state index contributed by atoms with van der Waals surface area (Å²) in [5, 5.41) is 4.82. The maximum atomic E-state index is 6.18. The van der Waals surface area contributed by atoms with Gasteiger partial charge in [0, 0.05) is 6.04 Å². The van der Waals surface area contributed by atoms with E-state index in [2.05, 4.69) is 19.2 Å². The Balaban J connectivity index is 2.72. The fourth-order valence-corrected chi connectivity index (χ4v) is 2.28. The van der Waals surface area contributed by atoms with E-state index in [0.717, 1.165) is 24.9 Å². The van der Waals surface area contributed by atoms with Gasteiger partial charge in [-0.3, -0.25) is 0 Å². The lowest BCUT2D eigenvalue weighted by molar-refractivity contribution is 0.486. The number of likely N-dealkylation sites (N-methyl/N-ethyl adjacent to an activating group) is 1. The molecule has 0 aliphatic carbocycles. The van der Waals surface area contributed by atoms with Gasteiger partial charge in [0.15, 0.2) is 0 Å². The molecule has 1 atom stereocenters. The van der Waals surface area contributed by atoms with Crippen LogP contribution in [-0.2, 0) is 6.42 Å². The second kappa shape index (κ2) is 7.16. The van der Waals surface area contributed by atoms with Gasteiger partial charge in [-0.15, -0.1) is 0 Å². The van der Waals surface area contributed by atoms with Crippen molar-refractivity contribution in [2.24, 2.45) is 0 Å². The van der Waals surface area contributed by atoms with Crippen LogP contribution in [0.25, 0.3) is 0 Å². The van der Waals surface area contributed by atoms with E-state index in [1.54, 1.807) is 0 Å². The topological polar surface area (TPSA) is 12.0 Å². The number of hydrogen-bond acceptors (Lipinski definition) is 1. The third-order valence-electron chi connectivity index (χ3n) is 2.63. The van der Waals surface area contributed by atoms with Crippen molar-refractivity contribution >= 4 is 23.2 Å². The van der Waals surface area contributed by atoms with Crippen LogP contribution in [0, 0.1) is 0 Å². The first-order valence-corrected chi connectivity index (χ1v) is 6.60. The molecular weight excluding hydrogens is 241 g/mol. The van der Waals surface area contributed by atoms with Crippen LogP contribution in [-0.4, -0.2) is 12.6 Å². The summed E-state index contributed by atoms with van der Waals surface area (Å²) in [7, 11) is 0. The van der Waals surface area contributed by atoms with E-state index in [1.165, 1.54) is 6.42 Å². The fraction of sp³-hybridized carbons (Fsp3) is 0.538. The first kappa shape index (κ1) is 13.8. The molecule has 1 unspecified atom stereocenters. The minimum absolute atomic E-state index is 0.492. The molecule has 0 heterocycles. The second-order valence-corrected chi connectivity index (χ2v) is 4.75. The third kappa shape index (κ3) is 3.97. The Morgan fingerprint density at radius 3 is 2.62 bits per heavy atom. The van der Waals surface area contributed by atoms with Crippen molar-refractivity contribution in [2.45, 2.75) is 39.2 Å². The van der Waals surface area contributed by atoms with Gasteiger partial charge in [-0.05, 0) is 31.0 Å². The lowest BCUT2D eigenvalue weighted by Gasteiger charge is -2.18. The van der Waals surface area contributed by atoms with E-state index in [9.17, 15) is 0 Å². The van der Waals surface area contributed by atoms with Gasteiger partial charge < -0.3 is 5.32 Å². The van der Waals surface area contributed by atoms with Crippen molar-refractivity contribution < 1.29 is 0 Å². The molecule has 90 valence electrons. The van der Waals surface area contributed by atoms with Crippen LogP contribution < -0.4 is 5.32 Å². The molecule has 0 aliphatic rings. The first-order chi connectivity index (χ1) is 7.69. The number of hydrogen-bond donors (Lipinski definition) is 1. The van der Waals surface area contributed by atoms with Gasteiger partial charge in [0.2, 0.25) is 0 Å². The summed E-state index contributed by atoms with van der Waals surface area (Å²) in [5.74, 6) is 0. The number of benzene rings is 1. The Morgan fingerprint density at radius 2 is 2.00 bits per heavy atom. The molecule has 1 nitrogen and oxygen atoms in total. The van der Waals surface area contributed by atoms with Gasteiger partial charge in [0.25, 0.3) is 0 Å². The molecule has 1 rings (SSSR count). The molecule has 1 aromatic rings. The maximum Gasteiger partial charge on any atom is 0.0624 e. The standard InChI is InChI=1S/C13H19Cl2N/c1-3-6-11(16-4-2)9-10-7-5-8-12(14)13(10)15/h5,7-8,11,16H,3-4,6,9H2,1-2H3. The molecule has 0 bridgehead atoms. The molecular formula is C13H19Cl2N. The Labute approximate surface area is 108 Å².